The van der Waals surface area contributed by atoms with Crippen molar-refractivity contribution in [3.63, 3.8) is 0 Å². The molecule has 1 amide bonds. The number of ether oxygens (including phenoxy) is 1. The van der Waals surface area contributed by atoms with Crippen molar-refractivity contribution < 1.29 is 13.9 Å². The van der Waals surface area contributed by atoms with E-state index in [0.717, 1.165) is 37.1 Å². The van der Waals surface area contributed by atoms with Crippen molar-refractivity contribution in [2.24, 2.45) is 4.99 Å². The van der Waals surface area contributed by atoms with E-state index in [-0.39, 0.29) is 47.6 Å². The molecule has 1 aliphatic heterocycles. The van der Waals surface area contributed by atoms with Crippen molar-refractivity contribution in [2.75, 3.05) is 26.7 Å². The van der Waals surface area contributed by atoms with Crippen molar-refractivity contribution in [2.45, 2.75) is 38.8 Å². The summed E-state index contributed by atoms with van der Waals surface area (Å²) < 4.78 is 19.4. The minimum absolute atomic E-state index is 0. The van der Waals surface area contributed by atoms with Gasteiger partial charge in [-0.05, 0) is 56.0 Å². The fourth-order valence-corrected chi connectivity index (χ4v) is 3.54. The van der Waals surface area contributed by atoms with Crippen LogP contribution in [0.1, 0.15) is 42.1 Å². The molecule has 2 aromatic rings. The first-order valence-corrected chi connectivity index (χ1v) is 10.8. The van der Waals surface area contributed by atoms with E-state index < -0.39 is 0 Å². The largest absolute Gasteiger partial charge is 0.486 e. The molecule has 1 heterocycles. The van der Waals surface area contributed by atoms with Crippen LogP contribution < -0.4 is 15.4 Å². The van der Waals surface area contributed by atoms with Gasteiger partial charge in [0.05, 0.1) is 6.54 Å². The van der Waals surface area contributed by atoms with E-state index in [2.05, 4.69) is 15.6 Å². The Bertz CT molecular complexity index is 903. The van der Waals surface area contributed by atoms with Gasteiger partial charge in [-0.15, -0.1) is 24.0 Å². The van der Waals surface area contributed by atoms with Crippen LogP contribution in [0, 0.1) is 5.82 Å². The molecule has 1 saturated heterocycles. The van der Waals surface area contributed by atoms with Crippen LogP contribution in [0.5, 0.6) is 5.75 Å². The monoisotopic (exact) mass is 554 g/mol. The number of amides is 1. The van der Waals surface area contributed by atoms with Crippen LogP contribution in [0.15, 0.2) is 53.5 Å². The number of piperidine rings is 1. The lowest BCUT2D eigenvalue weighted by Gasteiger charge is -2.26. The molecule has 0 aromatic heterocycles. The SMILES string of the molecule is CN=C(NCc1cccc(C(=O)N2CCCCC2)c1)NCC(C)Oc1ccccc1F.I. The highest BCUT2D eigenvalue weighted by Gasteiger charge is 2.18. The Morgan fingerprint density at radius 3 is 2.59 bits per heavy atom. The van der Waals surface area contributed by atoms with Crippen molar-refractivity contribution >= 4 is 35.8 Å². The number of carbonyl (C=O) groups excluding carboxylic acids is 1. The summed E-state index contributed by atoms with van der Waals surface area (Å²) in [6.07, 6.45) is 3.10. The number of aliphatic imine (C=N–C) groups is 1. The van der Waals surface area contributed by atoms with Gasteiger partial charge in [0.15, 0.2) is 17.5 Å². The van der Waals surface area contributed by atoms with Gasteiger partial charge in [0.1, 0.15) is 6.10 Å². The third-order valence-corrected chi connectivity index (χ3v) is 5.22. The zero-order valence-electron chi connectivity index (χ0n) is 18.6. The number of nitrogens with one attached hydrogen (secondary N) is 2. The summed E-state index contributed by atoms with van der Waals surface area (Å²) in [7, 11) is 1.69. The highest BCUT2D eigenvalue weighted by Crippen LogP contribution is 2.17. The van der Waals surface area contributed by atoms with Gasteiger partial charge in [0.25, 0.3) is 5.91 Å². The number of nitrogens with zero attached hydrogens (tertiary/aromatic N) is 2. The molecule has 1 atom stereocenters. The zero-order valence-corrected chi connectivity index (χ0v) is 21.0. The quantitative estimate of drug-likeness (QED) is 0.306. The van der Waals surface area contributed by atoms with Crippen LogP contribution in [-0.4, -0.2) is 49.6 Å². The summed E-state index contributed by atoms with van der Waals surface area (Å²) in [6, 6.07) is 14.1. The molecule has 1 aliphatic rings. The normalized spacial score (nSPS) is 14.8. The Hall–Kier alpha value is -2.36. The van der Waals surface area contributed by atoms with Crippen LogP contribution in [-0.2, 0) is 6.54 Å². The summed E-state index contributed by atoms with van der Waals surface area (Å²) in [5, 5.41) is 6.43. The topological polar surface area (TPSA) is 66.0 Å². The van der Waals surface area contributed by atoms with E-state index in [1.165, 1.54) is 12.5 Å². The maximum atomic E-state index is 13.7. The fraction of sp³-hybridized carbons (Fsp3) is 0.417. The molecule has 174 valence electrons. The minimum Gasteiger partial charge on any atom is -0.486 e. The number of para-hydroxylation sites is 1. The molecule has 0 spiro atoms. The number of guanidine groups is 1. The Kier molecular flexibility index (Phi) is 10.7. The Morgan fingerprint density at radius 2 is 1.88 bits per heavy atom. The standard InChI is InChI=1S/C24H31FN4O2.HI/c1-18(31-22-12-5-4-11-21(22)25)16-27-24(26-2)28-17-19-9-8-10-20(15-19)23(30)29-13-6-3-7-14-29;/h4-5,8-12,15,18H,3,6-7,13-14,16-17H2,1-2H3,(H2,26,27,28);1H. The second-order valence-corrected chi connectivity index (χ2v) is 7.72. The Labute approximate surface area is 206 Å². The first kappa shape index (κ1) is 25.9. The number of carbonyl (C=O) groups is 1. The second-order valence-electron chi connectivity index (χ2n) is 7.72. The molecule has 2 aromatic carbocycles. The maximum absolute atomic E-state index is 13.7. The van der Waals surface area contributed by atoms with Gasteiger partial charge in [-0.1, -0.05) is 24.3 Å². The van der Waals surface area contributed by atoms with Gasteiger partial charge in [-0.3, -0.25) is 9.79 Å². The molecule has 0 aliphatic carbocycles. The van der Waals surface area contributed by atoms with Crippen molar-refractivity contribution in [1.29, 1.82) is 0 Å². The number of hydrogen-bond donors (Lipinski definition) is 2. The lowest BCUT2D eigenvalue weighted by molar-refractivity contribution is 0.0724. The average molecular weight is 554 g/mol. The first-order chi connectivity index (χ1) is 15.1. The Balaban J connectivity index is 0.00000363. The van der Waals surface area contributed by atoms with E-state index in [9.17, 15) is 9.18 Å². The van der Waals surface area contributed by atoms with Crippen LogP contribution >= 0.6 is 24.0 Å². The third kappa shape index (κ3) is 7.65. The fourth-order valence-electron chi connectivity index (χ4n) is 3.54. The summed E-state index contributed by atoms with van der Waals surface area (Å²) >= 11 is 0. The summed E-state index contributed by atoms with van der Waals surface area (Å²) in [5.74, 6) is 0.561. The maximum Gasteiger partial charge on any atom is 0.253 e. The first-order valence-electron chi connectivity index (χ1n) is 10.8. The summed E-state index contributed by atoms with van der Waals surface area (Å²) in [4.78, 5) is 18.9. The van der Waals surface area contributed by atoms with Crippen LogP contribution in [0.2, 0.25) is 0 Å². The predicted octanol–water partition coefficient (Wildman–Crippen LogP) is 4.20. The molecule has 3 rings (SSSR count). The average Bonchev–Trinajstić information content (AvgIpc) is 2.81. The van der Waals surface area contributed by atoms with E-state index >= 15 is 0 Å². The number of rotatable bonds is 7. The molecular weight excluding hydrogens is 522 g/mol. The highest BCUT2D eigenvalue weighted by atomic mass is 127. The summed E-state index contributed by atoms with van der Waals surface area (Å²) in [6.45, 7) is 4.53. The molecule has 1 fully saturated rings. The van der Waals surface area contributed by atoms with E-state index in [1.54, 1.807) is 25.2 Å². The minimum atomic E-state index is -0.379. The van der Waals surface area contributed by atoms with Crippen molar-refractivity contribution in [1.82, 2.24) is 15.5 Å². The summed E-state index contributed by atoms with van der Waals surface area (Å²) in [5.41, 5.74) is 1.72. The van der Waals surface area contributed by atoms with E-state index in [1.807, 2.05) is 36.1 Å². The highest BCUT2D eigenvalue weighted by molar-refractivity contribution is 14.0. The molecular formula is C24H32FIN4O2. The second kappa shape index (κ2) is 13.2. The third-order valence-electron chi connectivity index (χ3n) is 5.22. The van der Waals surface area contributed by atoms with Gasteiger partial charge >= 0.3 is 0 Å². The lowest BCUT2D eigenvalue weighted by atomic mass is 10.1. The van der Waals surface area contributed by atoms with Crippen LogP contribution in [0.25, 0.3) is 0 Å². The number of halogens is 2. The van der Waals surface area contributed by atoms with Gasteiger partial charge in [-0.2, -0.15) is 0 Å². The molecule has 8 heteroatoms. The molecule has 1 unspecified atom stereocenters. The zero-order chi connectivity index (χ0) is 22.1. The van der Waals surface area contributed by atoms with Crippen molar-refractivity contribution in [3.05, 3.63) is 65.5 Å². The van der Waals surface area contributed by atoms with E-state index in [4.69, 9.17) is 4.74 Å². The van der Waals surface area contributed by atoms with Gasteiger partial charge in [-0.25, -0.2) is 4.39 Å². The van der Waals surface area contributed by atoms with Crippen LogP contribution in [0.3, 0.4) is 0 Å². The molecule has 0 saturated carbocycles. The lowest BCUT2D eigenvalue weighted by Crippen LogP contribution is -2.41. The molecule has 32 heavy (non-hydrogen) atoms. The molecule has 0 radical (unpaired) electrons. The predicted molar refractivity (Wildman–Crippen MR) is 136 cm³/mol. The number of hydrogen-bond acceptors (Lipinski definition) is 3. The number of benzene rings is 2. The van der Waals surface area contributed by atoms with Crippen LogP contribution in [0.4, 0.5) is 4.39 Å². The van der Waals surface area contributed by atoms with Gasteiger partial charge < -0.3 is 20.3 Å². The number of likely N-dealkylation sites (tertiary alicyclic amines) is 1. The smallest absolute Gasteiger partial charge is 0.253 e. The van der Waals surface area contributed by atoms with Crippen molar-refractivity contribution in [3.8, 4) is 5.75 Å². The van der Waals surface area contributed by atoms with Gasteiger partial charge in [0, 0.05) is 32.2 Å². The van der Waals surface area contributed by atoms with Gasteiger partial charge in [0.2, 0.25) is 0 Å². The molecule has 6 nitrogen and oxygen atoms in total. The molecule has 2 N–H and O–H groups in total. The molecule has 0 bridgehead atoms. The Morgan fingerprint density at radius 1 is 1.12 bits per heavy atom. The van der Waals surface area contributed by atoms with E-state index in [0.29, 0.717) is 19.0 Å².